The third-order valence-electron chi connectivity index (χ3n) is 3.09. The van der Waals surface area contributed by atoms with E-state index >= 15 is 0 Å². The van der Waals surface area contributed by atoms with E-state index in [1.807, 2.05) is 0 Å². The minimum atomic E-state index is 1.07. The van der Waals surface area contributed by atoms with Crippen molar-refractivity contribution in [3.05, 3.63) is 53.6 Å². The van der Waals surface area contributed by atoms with E-state index in [-0.39, 0.29) is 0 Å². The van der Waals surface area contributed by atoms with Crippen LogP contribution in [0.25, 0.3) is 11.1 Å². The highest BCUT2D eigenvalue weighted by Crippen LogP contribution is 2.32. The van der Waals surface area contributed by atoms with Gasteiger partial charge in [-0.15, -0.1) is 12.6 Å². The van der Waals surface area contributed by atoms with Crippen LogP contribution in [0.1, 0.15) is 24.5 Å². The van der Waals surface area contributed by atoms with E-state index < -0.39 is 0 Å². The van der Waals surface area contributed by atoms with Crippen molar-refractivity contribution in [2.75, 3.05) is 0 Å². The van der Waals surface area contributed by atoms with Crippen molar-refractivity contribution in [1.29, 1.82) is 0 Å². The summed E-state index contributed by atoms with van der Waals surface area (Å²) in [5.41, 5.74) is 5.37. The van der Waals surface area contributed by atoms with Gasteiger partial charge in [0.2, 0.25) is 0 Å². The summed E-state index contributed by atoms with van der Waals surface area (Å²) in [7, 11) is 0. The summed E-state index contributed by atoms with van der Waals surface area (Å²) in [6, 6.07) is 14.8. The molecule has 17 heavy (non-hydrogen) atoms. The predicted molar refractivity (Wildman–Crippen MR) is 77.9 cm³/mol. The SMILES string of the molecule is CCCc1c(C)ccc(S)c1-c1ccccc1. The molecule has 0 aliphatic rings. The topological polar surface area (TPSA) is 0 Å². The molecule has 0 saturated carbocycles. The first kappa shape index (κ1) is 12.3. The van der Waals surface area contributed by atoms with Crippen LogP contribution in [0.4, 0.5) is 0 Å². The first-order valence-corrected chi connectivity index (χ1v) is 6.55. The molecule has 0 nitrogen and oxygen atoms in total. The van der Waals surface area contributed by atoms with Gasteiger partial charge in [-0.05, 0) is 41.7 Å². The number of hydrogen-bond acceptors (Lipinski definition) is 1. The summed E-state index contributed by atoms with van der Waals surface area (Å²) in [4.78, 5) is 1.07. The van der Waals surface area contributed by atoms with Crippen LogP contribution >= 0.6 is 12.6 Å². The lowest BCUT2D eigenvalue weighted by molar-refractivity contribution is 0.911. The molecular weight excluding hydrogens is 224 g/mol. The Labute approximate surface area is 109 Å². The van der Waals surface area contributed by atoms with Crippen molar-refractivity contribution < 1.29 is 0 Å². The molecule has 0 fully saturated rings. The van der Waals surface area contributed by atoms with Crippen molar-refractivity contribution in [1.82, 2.24) is 0 Å². The van der Waals surface area contributed by atoms with Crippen LogP contribution in [0.2, 0.25) is 0 Å². The molecule has 2 aromatic rings. The fourth-order valence-electron chi connectivity index (χ4n) is 2.24. The molecule has 0 amide bonds. The third-order valence-corrected chi connectivity index (χ3v) is 3.46. The maximum Gasteiger partial charge on any atom is 0.0122 e. The van der Waals surface area contributed by atoms with Crippen molar-refractivity contribution in [3.63, 3.8) is 0 Å². The Bertz CT molecular complexity index is 500. The van der Waals surface area contributed by atoms with Gasteiger partial charge in [0.25, 0.3) is 0 Å². The average molecular weight is 242 g/mol. The Morgan fingerprint density at radius 1 is 1.00 bits per heavy atom. The zero-order valence-corrected chi connectivity index (χ0v) is 11.3. The molecule has 0 aromatic heterocycles. The summed E-state index contributed by atoms with van der Waals surface area (Å²) in [6.45, 7) is 4.41. The number of aryl methyl sites for hydroxylation is 1. The number of rotatable bonds is 3. The van der Waals surface area contributed by atoms with Gasteiger partial charge in [-0.2, -0.15) is 0 Å². The van der Waals surface area contributed by atoms with E-state index in [2.05, 4.69) is 68.9 Å². The Hall–Kier alpha value is -1.21. The van der Waals surface area contributed by atoms with Crippen LogP contribution < -0.4 is 0 Å². The van der Waals surface area contributed by atoms with Crippen LogP contribution in [0, 0.1) is 6.92 Å². The molecule has 2 rings (SSSR count). The molecule has 0 unspecified atom stereocenters. The lowest BCUT2D eigenvalue weighted by Crippen LogP contribution is -1.95. The maximum atomic E-state index is 4.62. The Morgan fingerprint density at radius 2 is 1.71 bits per heavy atom. The molecule has 0 radical (unpaired) electrons. The molecule has 0 saturated heterocycles. The molecule has 0 N–H and O–H groups in total. The van der Waals surface area contributed by atoms with Gasteiger partial charge in [0.1, 0.15) is 0 Å². The van der Waals surface area contributed by atoms with Gasteiger partial charge in [-0.1, -0.05) is 49.7 Å². The highest BCUT2D eigenvalue weighted by Gasteiger charge is 2.10. The van der Waals surface area contributed by atoms with Crippen LogP contribution in [0.5, 0.6) is 0 Å². The van der Waals surface area contributed by atoms with Crippen molar-refractivity contribution in [2.45, 2.75) is 31.6 Å². The Balaban J connectivity index is 2.63. The molecule has 2 aromatic carbocycles. The quantitative estimate of drug-likeness (QED) is 0.727. The second kappa shape index (κ2) is 5.42. The van der Waals surface area contributed by atoms with Crippen LogP contribution in [0.15, 0.2) is 47.4 Å². The van der Waals surface area contributed by atoms with E-state index in [1.54, 1.807) is 0 Å². The minimum absolute atomic E-state index is 1.07. The summed E-state index contributed by atoms with van der Waals surface area (Å²) < 4.78 is 0. The van der Waals surface area contributed by atoms with Gasteiger partial charge >= 0.3 is 0 Å². The van der Waals surface area contributed by atoms with E-state index in [1.165, 1.54) is 22.3 Å². The zero-order chi connectivity index (χ0) is 12.3. The fourth-order valence-corrected chi connectivity index (χ4v) is 2.58. The van der Waals surface area contributed by atoms with Gasteiger partial charge < -0.3 is 0 Å². The smallest absolute Gasteiger partial charge is 0.0122 e. The monoisotopic (exact) mass is 242 g/mol. The molecule has 0 aliphatic carbocycles. The normalized spacial score (nSPS) is 10.5. The highest BCUT2D eigenvalue weighted by molar-refractivity contribution is 7.80. The molecule has 0 atom stereocenters. The van der Waals surface area contributed by atoms with Crippen molar-refractivity contribution in [3.8, 4) is 11.1 Å². The number of thiol groups is 1. The second-order valence-corrected chi connectivity index (χ2v) is 4.85. The number of benzene rings is 2. The molecular formula is C16H18S. The summed E-state index contributed by atoms with van der Waals surface area (Å²) >= 11 is 4.62. The van der Waals surface area contributed by atoms with Crippen LogP contribution in [0.3, 0.4) is 0 Å². The third kappa shape index (κ3) is 2.55. The van der Waals surface area contributed by atoms with Gasteiger partial charge in [0.05, 0.1) is 0 Å². The Kier molecular flexibility index (Phi) is 3.90. The molecule has 0 spiro atoms. The Morgan fingerprint density at radius 3 is 2.35 bits per heavy atom. The first-order chi connectivity index (χ1) is 8.24. The lowest BCUT2D eigenvalue weighted by atomic mass is 9.93. The van der Waals surface area contributed by atoms with E-state index in [0.717, 1.165) is 17.7 Å². The summed E-state index contributed by atoms with van der Waals surface area (Å²) in [6.07, 6.45) is 2.28. The zero-order valence-electron chi connectivity index (χ0n) is 10.4. The number of hydrogen-bond donors (Lipinski definition) is 1. The summed E-state index contributed by atoms with van der Waals surface area (Å²) in [5, 5.41) is 0. The largest absolute Gasteiger partial charge is 0.143 e. The van der Waals surface area contributed by atoms with Gasteiger partial charge in [-0.3, -0.25) is 0 Å². The van der Waals surface area contributed by atoms with Crippen LogP contribution in [-0.2, 0) is 6.42 Å². The molecule has 88 valence electrons. The lowest BCUT2D eigenvalue weighted by Gasteiger charge is -2.14. The van der Waals surface area contributed by atoms with Crippen LogP contribution in [-0.4, -0.2) is 0 Å². The van der Waals surface area contributed by atoms with Gasteiger partial charge in [-0.25, -0.2) is 0 Å². The van der Waals surface area contributed by atoms with Gasteiger partial charge in [0, 0.05) is 4.90 Å². The maximum absolute atomic E-state index is 4.62. The second-order valence-electron chi connectivity index (χ2n) is 4.37. The fraction of sp³-hybridized carbons (Fsp3) is 0.250. The molecule has 0 aliphatic heterocycles. The molecule has 0 heterocycles. The molecule has 0 bridgehead atoms. The first-order valence-electron chi connectivity index (χ1n) is 6.11. The average Bonchev–Trinajstić information content (AvgIpc) is 2.35. The minimum Gasteiger partial charge on any atom is -0.143 e. The van der Waals surface area contributed by atoms with E-state index in [0.29, 0.717) is 0 Å². The van der Waals surface area contributed by atoms with E-state index in [9.17, 15) is 0 Å². The van der Waals surface area contributed by atoms with Gasteiger partial charge in [0.15, 0.2) is 0 Å². The summed E-state index contributed by atoms with van der Waals surface area (Å²) in [5.74, 6) is 0. The van der Waals surface area contributed by atoms with Crippen molar-refractivity contribution in [2.24, 2.45) is 0 Å². The predicted octanol–water partition coefficient (Wildman–Crippen LogP) is 4.90. The highest BCUT2D eigenvalue weighted by atomic mass is 32.1. The molecule has 1 heteroatoms. The van der Waals surface area contributed by atoms with Crippen molar-refractivity contribution >= 4 is 12.6 Å². The standard InChI is InChI=1S/C16H18S/c1-3-7-14-12(2)10-11-15(17)16(14)13-8-5-4-6-9-13/h4-6,8-11,17H,3,7H2,1-2H3. The van der Waals surface area contributed by atoms with E-state index in [4.69, 9.17) is 0 Å².